The quantitative estimate of drug-likeness (QED) is 0.892. The number of rotatable bonds is 4. The van der Waals surface area contributed by atoms with E-state index in [0.29, 0.717) is 30.0 Å². The zero-order chi connectivity index (χ0) is 19.6. The first-order chi connectivity index (χ1) is 12.8. The van der Waals surface area contributed by atoms with Gasteiger partial charge in [0.2, 0.25) is 5.91 Å². The van der Waals surface area contributed by atoms with E-state index in [4.69, 9.17) is 4.74 Å². The van der Waals surface area contributed by atoms with Crippen LogP contribution in [0.3, 0.4) is 0 Å². The van der Waals surface area contributed by atoms with Gasteiger partial charge in [0, 0.05) is 13.5 Å². The summed E-state index contributed by atoms with van der Waals surface area (Å²) in [5.74, 6) is 0.360. The summed E-state index contributed by atoms with van der Waals surface area (Å²) in [6.45, 7) is 6.53. The van der Waals surface area contributed by atoms with E-state index in [1.165, 1.54) is 5.56 Å². The molecule has 27 heavy (non-hydrogen) atoms. The molecule has 0 unspecified atom stereocenters. The highest BCUT2D eigenvalue weighted by atomic mass is 16.5. The van der Waals surface area contributed by atoms with E-state index in [0.717, 1.165) is 5.56 Å². The smallest absolute Gasteiger partial charge is 0.264 e. The Hall–Kier alpha value is -2.82. The molecule has 0 saturated heterocycles. The molecule has 2 amide bonds. The number of benzene rings is 2. The van der Waals surface area contributed by atoms with Crippen molar-refractivity contribution in [3.8, 4) is 5.75 Å². The number of ether oxygens (including phenoxy) is 1. The molecule has 1 heterocycles. The molecule has 0 bridgehead atoms. The van der Waals surface area contributed by atoms with Gasteiger partial charge in [-0.15, -0.1) is 0 Å². The van der Waals surface area contributed by atoms with E-state index >= 15 is 0 Å². The summed E-state index contributed by atoms with van der Waals surface area (Å²) in [6, 6.07) is 13.8. The molecule has 0 aliphatic carbocycles. The number of amides is 2. The van der Waals surface area contributed by atoms with Gasteiger partial charge in [0.15, 0.2) is 12.4 Å². The maximum absolute atomic E-state index is 12.4. The standard InChI is InChI=1S/C22H26N2O3/c1-22(2,3)16-11-8-15(9-12-16)10-13-19(25)23-17-6-5-7-18-21(17)27-14-20(26)24(18)4/h5-9,11-12H,10,13-14H2,1-4H3,(H,23,25). The Balaban J connectivity index is 1.63. The summed E-state index contributed by atoms with van der Waals surface area (Å²) < 4.78 is 5.54. The van der Waals surface area contributed by atoms with Gasteiger partial charge in [0.05, 0.1) is 11.4 Å². The van der Waals surface area contributed by atoms with Crippen LogP contribution in [0.5, 0.6) is 5.75 Å². The van der Waals surface area contributed by atoms with Crippen molar-refractivity contribution in [2.45, 2.75) is 39.0 Å². The third kappa shape index (κ3) is 4.30. The lowest BCUT2D eigenvalue weighted by Crippen LogP contribution is -2.35. The molecule has 142 valence electrons. The fourth-order valence-corrected chi connectivity index (χ4v) is 3.05. The first kappa shape index (κ1) is 19.0. The van der Waals surface area contributed by atoms with Crippen molar-refractivity contribution < 1.29 is 14.3 Å². The van der Waals surface area contributed by atoms with Crippen LogP contribution in [-0.4, -0.2) is 25.5 Å². The lowest BCUT2D eigenvalue weighted by atomic mass is 9.86. The second-order valence-corrected chi connectivity index (χ2v) is 7.89. The van der Waals surface area contributed by atoms with Crippen LogP contribution in [0.1, 0.15) is 38.3 Å². The zero-order valence-electron chi connectivity index (χ0n) is 16.3. The minimum Gasteiger partial charge on any atom is -0.479 e. The number of hydrogen-bond donors (Lipinski definition) is 1. The third-order valence-electron chi connectivity index (χ3n) is 4.80. The van der Waals surface area contributed by atoms with E-state index < -0.39 is 0 Å². The van der Waals surface area contributed by atoms with Crippen molar-refractivity contribution in [1.82, 2.24) is 0 Å². The van der Waals surface area contributed by atoms with E-state index in [-0.39, 0.29) is 23.8 Å². The van der Waals surface area contributed by atoms with Gasteiger partial charge in [-0.3, -0.25) is 9.59 Å². The highest BCUT2D eigenvalue weighted by Crippen LogP contribution is 2.38. The van der Waals surface area contributed by atoms with Crippen molar-refractivity contribution >= 4 is 23.2 Å². The Morgan fingerprint density at radius 1 is 1.15 bits per heavy atom. The first-order valence-electron chi connectivity index (χ1n) is 9.17. The van der Waals surface area contributed by atoms with Crippen molar-refractivity contribution in [2.24, 2.45) is 0 Å². The maximum atomic E-state index is 12.4. The summed E-state index contributed by atoms with van der Waals surface area (Å²) in [7, 11) is 1.70. The predicted molar refractivity (Wildman–Crippen MR) is 107 cm³/mol. The summed E-state index contributed by atoms with van der Waals surface area (Å²) >= 11 is 0. The second kappa shape index (κ2) is 7.43. The molecule has 0 aromatic heterocycles. The Morgan fingerprint density at radius 3 is 2.52 bits per heavy atom. The van der Waals surface area contributed by atoms with Gasteiger partial charge >= 0.3 is 0 Å². The average Bonchev–Trinajstić information content (AvgIpc) is 2.63. The molecule has 3 rings (SSSR count). The highest BCUT2D eigenvalue weighted by Gasteiger charge is 2.24. The molecule has 0 atom stereocenters. The molecule has 2 aromatic rings. The van der Waals surface area contributed by atoms with Crippen LogP contribution < -0.4 is 15.0 Å². The number of anilines is 2. The first-order valence-corrected chi connectivity index (χ1v) is 9.17. The van der Waals surface area contributed by atoms with Gasteiger partial charge in [0.1, 0.15) is 0 Å². The number of nitrogens with one attached hydrogen (secondary N) is 1. The summed E-state index contributed by atoms with van der Waals surface area (Å²) in [5, 5.41) is 2.91. The minimum absolute atomic E-state index is 0.0174. The number of fused-ring (bicyclic) bond motifs is 1. The summed E-state index contributed by atoms with van der Waals surface area (Å²) in [6.07, 6.45) is 1.05. The van der Waals surface area contributed by atoms with Crippen LogP contribution >= 0.6 is 0 Å². The zero-order valence-corrected chi connectivity index (χ0v) is 16.3. The molecule has 0 saturated carbocycles. The van der Waals surface area contributed by atoms with Gasteiger partial charge in [-0.05, 0) is 35.1 Å². The molecule has 0 spiro atoms. The highest BCUT2D eigenvalue weighted by molar-refractivity contribution is 6.01. The number of hydrogen-bond acceptors (Lipinski definition) is 3. The van der Waals surface area contributed by atoms with Crippen LogP contribution in [0, 0.1) is 0 Å². The van der Waals surface area contributed by atoms with Crippen LogP contribution in [0.15, 0.2) is 42.5 Å². The maximum Gasteiger partial charge on any atom is 0.264 e. The van der Waals surface area contributed by atoms with Crippen LogP contribution in [0.2, 0.25) is 0 Å². The Labute approximate surface area is 160 Å². The van der Waals surface area contributed by atoms with Gasteiger partial charge < -0.3 is 15.0 Å². The largest absolute Gasteiger partial charge is 0.479 e. The monoisotopic (exact) mass is 366 g/mol. The second-order valence-electron chi connectivity index (χ2n) is 7.89. The lowest BCUT2D eigenvalue weighted by Gasteiger charge is -2.27. The number of para-hydroxylation sites is 1. The van der Waals surface area contributed by atoms with Crippen molar-refractivity contribution in [1.29, 1.82) is 0 Å². The Kier molecular flexibility index (Phi) is 5.22. The van der Waals surface area contributed by atoms with Gasteiger partial charge in [-0.2, -0.15) is 0 Å². The van der Waals surface area contributed by atoms with E-state index in [1.807, 2.05) is 0 Å². The number of aryl methyl sites for hydroxylation is 1. The molecular weight excluding hydrogens is 340 g/mol. The van der Waals surface area contributed by atoms with Crippen LogP contribution in [0.4, 0.5) is 11.4 Å². The molecular formula is C22H26N2O3. The molecule has 0 fully saturated rings. The fraction of sp³-hybridized carbons (Fsp3) is 0.364. The normalized spacial score (nSPS) is 13.8. The summed E-state index contributed by atoms with van der Waals surface area (Å²) in [4.78, 5) is 25.7. The Morgan fingerprint density at radius 2 is 1.85 bits per heavy atom. The fourth-order valence-electron chi connectivity index (χ4n) is 3.05. The van der Waals surface area contributed by atoms with Crippen molar-refractivity contribution in [2.75, 3.05) is 23.9 Å². The van der Waals surface area contributed by atoms with Crippen LogP contribution in [-0.2, 0) is 21.4 Å². The molecule has 1 aliphatic heterocycles. The SMILES string of the molecule is CN1C(=O)COc2c(NC(=O)CCc3ccc(C(C)(C)C)cc3)cccc21. The molecule has 1 aliphatic rings. The molecule has 5 heteroatoms. The van der Waals surface area contributed by atoms with E-state index in [9.17, 15) is 9.59 Å². The minimum atomic E-state index is -0.107. The molecule has 2 aromatic carbocycles. The molecule has 1 N–H and O–H groups in total. The van der Waals surface area contributed by atoms with Gasteiger partial charge in [0.25, 0.3) is 5.91 Å². The molecule has 0 radical (unpaired) electrons. The number of carbonyl (C=O) groups is 2. The van der Waals surface area contributed by atoms with Gasteiger partial charge in [-0.25, -0.2) is 0 Å². The number of likely N-dealkylation sites (N-methyl/N-ethyl adjacent to an activating group) is 1. The predicted octanol–water partition coefficient (Wildman–Crippen LogP) is 3.91. The van der Waals surface area contributed by atoms with E-state index in [2.05, 4.69) is 50.4 Å². The summed E-state index contributed by atoms with van der Waals surface area (Å²) in [5.41, 5.74) is 3.80. The lowest BCUT2D eigenvalue weighted by molar-refractivity contribution is -0.121. The van der Waals surface area contributed by atoms with Gasteiger partial charge in [-0.1, -0.05) is 51.1 Å². The van der Waals surface area contributed by atoms with Crippen molar-refractivity contribution in [3.05, 3.63) is 53.6 Å². The number of carbonyl (C=O) groups excluding carboxylic acids is 2. The van der Waals surface area contributed by atoms with E-state index in [1.54, 1.807) is 30.1 Å². The average molecular weight is 366 g/mol. The Bertz CT molecular complexity index is 851. The van der Waals surface area contributed by atoms with Crippen LogP contribution in [0.25, 0.3) is 0 Å². The molecule has 5 nitrogen and oxygen atoms in total. The topological polar surface area (TPSA) is 58.6 Å². The van der Waals surface area contributed by atoms with Crippen molar-refractivity contribution in [3.63, 3.8) is 0 Å². The number of nitrogens with zero attached hydrogens (tertiary/aromatic N) is 1. The third-order valence-corrected chi connectivity index (χ3v) is 4.80.